The quantitative estimate of drug-likeness (QED) is 0.460. The Hall–Kier alpha value is 0.790. The fourth-order valence-electron chi connectivity index (χ4n) is 0.283. The molecule has 0 aliphatic carbocycles. The van der Waals surface area contributed by atoms with Gasteiger partial charge < -0.3 is 0 Å². The third-order valence-electron chi connectivity index (χ3n) is 0.533. The van der Waals surface area contributed by atoms with E-state index >= 15 is 0 Å². The summed E-state index contributed by atoms with van der Waals surface area (Å²) in [4.78, 5) is 0. The Morgan fingerprint density at radius 1 is 1.29 bits per heavy atom. The van der Waals surface area contributed by atoms with Gasteiger partial charge in [-0.3, -0.25) is 0 Å². The van der Waals surface area contributed by atoms with Crippen LogP contribution < -0.4 is 0 Å². The van der Waals surface area contributed by atoms with Gasteiger partial charge in [-0.15, -0.1) is 0 Å². The summed E-state index contributed by atoms with van der Waals surface area (Å²) in [5.74, 6) is 0. The van der Waals surface area contributed by atoms with Crippen LogP contribution in [0, 0.1) is 0 Å². The summed E-state index contributed by atoms with van der Waals surface area (Å²) < 4.78 is 33.6. The van der Waals surface area contributed by atoms with E-state index < -0.39 is 12.6 Å². The molecule has 0 radical (unpaired) electrons. The van der Waals surface area contributed by atoms with Crippen molar-refractivity contribution >= 4 is 27.9 Å². The van der Waals surface area contributed by atoms with E-state index in [2.05, 4.69) is 0 Å². The van der Waals surface area contributed by atoms with E-state index in [4.69, 9.17) is 0 Å². The van der Waals surface area contributed by atoms with E-state index in [-0.39, 0.29) is 0 Å². The molecular formula is C3H4F3Na. The van der Waals surface area contributed by atoms with E-state index in [1.54, 1.807) is 0 Å². The van der Waals surface area contributed by atoms with Gasteiger partial charge in [-0.1, -0.05) is 0 Å². The molecule has 0 aromatic rings. The van der Waals surface area contributed by atoms with E-state index in [0.29, 0.717) is 31.6 Å². The summed E-state index contributed by atoms with van der Waals surface area (Å²) in [6, 6.07) is 0. The molecule has 4 heteroatoms. The van der Waals surface area contributed by atoms with Crippen LogP contribution >= 0.6 is 0 Å². The summed E-state index contributed by atoms with van der Waals surface area (Å²) in [7, 11) is 0. The van der Waals surface area contributed by atoms with Gasteiger partial charge in [-0.2, -0.15) is 0 Å². The Balaban J connectivity index is 3.15. The van der Waals surface area contributed by atoms with Gasteiger partial charge in [0, 0.05) is 0 Å². The molecule has 38 valence electrons. The van der Waals surface area contributed by atoms with Crippen molar-refractivity contribution in [3.8, 4) is 0 Å². The summed E-state index contributed by atoms with van der Waals surface area (Å²) in [5, 5.41) is 0. The first kappa shape index (κ1) is 7.79. The Bertz CT molecular complexity index is 48.6. The van der Waals surface area contributed by atoms with Crippen molar-refractivity contribution in [1.29, 1.82) is 0 Å². The fourth-order valence-corrected chi connectivity index (χ4v) is 0.850. The van der Waals surface area contributed by atoms with E-state index in [1.807, 2.05) is 0 Å². The zero-order chi connectivity index (χ0) is 5.91. The maximum atomic E-state index is 11.1. The summed E-state index contributed by atoms with van der Waals surface area (Å²) in [6.07, 6.45) is -4.51. The molecule has 0 spiro atoms. The first-order valence-electron chi connectivity index (χ1n) is 2.13. The van der Waals surface area contributed by atoms with Gasteiger partial charge in [0.05, 0.1) is 0 Å². The normalized spacial score (nSPS) is 12.1. The molecule has 0 nitrogen and oxygen atoms in total. The minimum atomic E-state index is -3.91. The van der Waals surface area contributed by atoms with Crippen molar-refractivity contribution in [2.45, 2.75) is 16.3 Å². The molecule has 0 rings (SSSR count). The molecule has 0 unspecified atom stereocenters. The zero-order valence-corrected chi connectivity index (χ0v) is 6.05. The molecule has 0 fully saturated rings. The number of hydrogen-bond donors (Lipinski definition) is 0. The molecule has 0 bridgehead atoms. The SMILES string of the molecule is FC(F)(F)C[CH2][Na]. The molecule has 0 aromatic carbocycles. The van der Waals surface area contributed by atoms with Crippen molar-refractivity contribution in [1.82, 2.24) is 0 Å². The fraction of sp³-hybridized carbons (Fsp3) is 1.00. The van der Waals surface area contributed by atoms with Gasteiger partial charge in [0.1, 0.15) is 0 Å². The van der Waals surface area contributed by atoms with Crippen LogP contribution in [0.2, 0.25) is 3.67 Å². The molecule has 0 aliphatic rings. The van der Waals surface area contributed by atoms with Gasteiger partial charge in [0.25, 0.3) is 0 Å². The van der Waals surface area contributed by atoms with Gasteiger partial charge in [-0.05, 0) is 0 Å². The van der Waals surface area contributed by atoms with Crippen LogP contribution in [0.25, 0.3) is 0 Å². The second-order valence-electron chi connectivity index (χ2n) is 1.37. The predicted octanol–water partition coefficient (Wildman–Crippen LogP) is 1.53. The standard InChI is InChI=1S/C3H4F3.Na/c1-2-3(4,5)6;/h1-2H2;. The van der Waals surface area contributed by atoms with Crippen molar-refractivity contribution in [3.05, 3.63) is 0 Å². The average molecular weight is 120 g/mol. The summed E-state index contributed by atoms with van der Waals surface area (Å²) in [6.45, 7) is 0. The number of alkyl halides is 3. The van der Waals surface area contributed by atoms with Crippen LogP contribution in [-0.2, 0) is 0 Å². The van der Waals surface area contributed by atoms with Crippen molar-refractivity contribution in [3.63, 3.8) is 0 Å². The first-order valence-corrected chi connectivity index (χ1v) is 3.54. The van der Waals surface area contributed by atoms with Crippen LogP contribution in [0.3, 0.4) is 0 Å². The van der Waals surface area contributed by atoms with E-state index in [0.717, 1.165) is 0 Å². The van der Waals surface area contributed by atoms with Crippen LogP contribution in [-0.4, -0.2) is 34.1 Å². The Labute approximate surface area is 57.5 Å². The Morgan fingerprint density at radius 3 is 1.71 bits per heavy atom. The molecule has 0 saturated carbocycles. The van der Waals surface area contributed by atoms with Gasteiger partial charge >= 0.3 is 57.4 Å². The van der Waals surface area contributed by atoms with Gasteiger partial charge in [0.2, 0.25) is 0 Å². The van der Waals surface area contributed by atoms with Crippen molar-refractivity contribution in [2.24, 2.45) is 0 Å². The molecule has 0 aromatic heterocycles. The number of hydrogen-bond acceptors (Lipinski definition) is 0. The van der Waals surface area contributed by atoms with Crippen LogP contribution in [0.1, 0.15) is 6.42 Å². The maximum absolute atomic E-state index is 11.1. The second kappa shape index (κ2) is 2.95. The Morgan fingerprint density at radius 2 is 1.71 bits per heavy atom. The number of rotatable bonds is 1. The second-order valence-corrected chi connectivity index (χ2v) is 2.37. The van der Waals surface area contributed by atoms with E-state index in [1.165, 1.54) is 0 Å². The molecule has 0 aliphatic heterocycles. The third kappa shape index (κ3) is 6.79. The van der Waals surface area contributed by atoms with Crippen LogP contribution in [0.5, 0.6) is 0 Å². The van der Waals surface area contributed by atoms with Gasteiger partial charge in [-0.25, -0.2) is 0 Å². The summed E-state index contributed by atoms with van der Waals surface area (Å²) >= 11 is 0.650. The zero-order valence-electron chi connectivity index (χ0n) is 4.05. The van der Waals surface area contributed by atoms with Crippen molar-refractivity contribution < 1.29 is 13.2 Å². The van der Waals surface area contributed by atoms with Crippen LogP contribution in [0.15, 0.2) is 0 Å². The van der Waals surface area contributed by atoms with Gasteiger partial charge in [0.15, 0.2) is 0 Å². The summed E-state index contributed by atoms with van der Waals surface area (Å²) in [5.41, 5.74) is 0. The third-order valence-corrected chi connectivity index (χ3v) is 1.03. The molecule has 0 saturated heterocycles. The van der Waals surface area contributed by atoms with Crippen molar-refractivity contribution in [2.75, 3.05) is 0 Å². The molecule has 0 amide bonds. The number of halogens is 3. The first-order chi connectivity index (χ1) is 3.06. The molecule has 0 heterocycles. The van der Waals surface area contributed by atoms with E-state index in [9.17, 15) is 13.2 Å². The molecule has 7 heavy (non-hydrogen) atoms. The predicted molar refractivity (Wildman–Crippen MR) is 21.2 cm³/mol. The molecular weight excluding hydrogens is 116 g/mol. The monoisotopic (exact) mass is 120 g/mol. The topological polar surface area (TPSA) is 0 Å². The van der Waals surface area contributed by atoms with Crippen LogP contribution in [0.4, 0.5) is 13.2 Å². The average Bonchev–Trinajstić information content (AvgIpc) is 1.30. The molecule has 0 atom stereocenters. The molecule has 0 N–H and O–H groups in total. The Kier molecular flexibility index (Phi) is 3.28. The minimum absolute atomic E-state index is 0.323.